The summed E-state index contributed by atoms with van der Waals surface area (Å²) < 4.78 is 6.97. The van der Waals surface area contributed by atoms with Crippen LogP contribution in [0.4, 0.5) is 0 Å². The Balaban J connectivity index is 1.75. The van der Waals surface area contributed by atoms with Gasteiger partial charge in [-0.15, -0.1) is 0 Å². The minimum Gasteiger partial charge on any atom is -0.457 e. The van der Waals surface area contributed by atoms with Gasteiger partial charge in [0.2, 0.25) is 0 Å². The van der Waals surface area contributed by atoms with Gasteiger partial charge in [0.05, 0.1) is 22.9 Å². The van der Waals surface area contributed by atoms with Crippen molar-refractivity contribution in [1.82, 2.24) is 14.8 Å². The van der Waals surface area contributed by atoms with Gasteiger partial charge in [0.25, 0.3) is 0 Å². The predicted molar refractivity (Wildman–Crippen MR) is 83.5 cm³/mol. The Morgan fingerprint density at radius 3 is 2.78 bits per heavy atom. The maximum absolute atomic E-state index is 12.2. The molecule has 0 aliphatic rings. The Morgan fingerprint density at radius 2 is 2.09 bits per heavy atom. The molecule has 6 heteroatoms. The van der Waals surface area contributed by atoms with Crippen molar-refractivity contribution < 1.29 is 9.53 Å². The summed E-state index contributed by atoms with van der Waals surface area (Å²) in [5.41, 5.74) is 3.33. The van der Waals surface area contributed by atoms with E-state index in [2.05, 4.69) is 10.1 Å². The third-order valence-corrected chi connectivity index (χ3v) is 3.55. The minimum absolute atomic E-state index is 0.147. The van der Waals surface area contributed by atoms with Crippen LogP contribution in [-0.4, -0.2) is 20.7 Å². The van der Waals surface area contributed by atoms with Crippen molar-refractivity contribution in [1.29, 1.82) is 5.26 Å². The molecule has 0 bridgehead atoms. The third kappa shape index (κ3) is 2.90. The van der Waals surface area contributed by atoms with Gasteiger partial charge >= 0.3 is 5.97 Å². The number of pyridine rings is 1. The number of rotatable bonds is 3. The average Bonchev–Trinajstić information content (AvgIpc) is 2.87. The number of benzene rings is 1. The Morgan fingerprint density at radius 1 is 1.35 bits per heavy atom. The van der Waals surface area contributed by atoms with Crippen LogP contribution in [0.2, 0.25) is 0 Å². The van der Waals surface area contributed by atoms with Gasteiger partial charge in [0, 0.05) is 18.6 Å². The van der Waals surface area contributed by atoms with Crippen molar-refractivity contribution in [3.63, 3.8) is 0 Å². The Labute approximate surface area is 132 Å². The van der Waals surface area contributed by atoms with Crippen LogP contribution < -0.4 is 0 Å². The fourth-order valence-corrected chi connectivity index (χ4v) is 2.33. The molecule has 0 aliphatic carbocycles. The third-order valence-electron chi connectivity index (χ3n) is 3.55. The van der Waals surface area contributed by atoms with Crippen LogP contribution in [0.15, 0.2) is 36.5 Å². The number of carbonyl (C=O) groups excluding carboxylic acids is 1. The molecule has 1 aromatic carbocycles. The van der Waals surface area contributed by atoms with Crippen molar-refractivity contribution in [3.05, 3.63) is 58.9 Å². The molecule has 23 heavy (non-hydrogen) atoms. The first-order valence-electron chi connectivity index (χ1n) is 7.04. The molecule has 0 saturated carbocycles. The molecule has 0 atom stereocenters. The number of hydrogen-bond donors (Lipinski definition) is 0. The monoisotopic (exact) mass is 306 g/mol. The summed E-state index contributed by atoms with van der Waals surface area (Å²) in [6.45, 7) is 2.02. The fraction of sp³-hybridized carbons (Fsp3) is 0.176. The zero-order valence-electron chi connectivity index (χ0n) is 12.8. The van der Waals surface area contributed by atoms with Crippen LogP contribution in [-0.2, 0) is 18.4 Å². The lowest BCUT2D eigenvalue weighted by Gasteiger charge is -2.05. The highest BCUT2D eigenvalue weighted by Gasteiger charge is 2.13. The molecule has 3 aromatic rings. The number of nitrogens with zero attached hydrogens (tertiary/aromatic N) is 4. The van der Waals surface area contributed by atoms with E-state index in [0.29, 0.717) is 11.1 Å². The van der Waals surface area contributed by atoms with Crippen LogP contribution >= 0.6 is 0 Å². The smallest absolute Gasteiger partial charge is 0.340 e. The van der Waals surface area contributed by atoms with E-state index < -0.39 is 5.97 Å². The molecular formula is C17H14N4O2. The van der Waals surface area contributed by atoms with E-state index in [1.54, 1.807) is 35.0 Å². The van der Waals surface area contributed by atoms with Crippen LogP contribution in [0, 0.1) is 18.3 Å². The first-order valence-corrected chi connectivity index (χ1v) is 7.04. The van der Waals surface area contributed by atoms with Crippen molar-refractivity contribution >= 4 is 17.0 Å². The van der Waals surface area contributed by atoms with Crippen LogP contribution in [0.25, 0.3) is 11.0 Å². The summed E-state index contributed by atoms with van der Waals surface area (Å²) in [6, 6.07) is 10.7. The molecule has 0 N–H and O–H groups in total. The van der Waals surface area contributed by atoms with Crippen LogP contribution in [0.3, 0.4) is 0 Å². The number of aromatic nitrogens is 3. The number of esters is 1. The lowest BCUT2D eigenvalue weighted by molar-refractivity contribution is 0.0472. The normalized spacial score (nSPS) is 10.5. The van der Waals surface area contributed by atoms with E-state index in [-0.39, 0.29) is 6.61 Å². The molecule has 0 spiro atoms. The fourth-order valence-electron chi connectivity index (χ4n) is 2.33. The zero-order chi connectivity index (χ0) is 16.4. The highest BCUT2D eigenvalue weighted by atomic mass is 16.5. The first-order chi connectivity index (χ1) is 11.1. The largest absolute Gasteiger partial charge is 0.457 e. The van der Waals surface area contributed by atoms with Crippen LogP contribution in [0.1, 0.15) is 27.2 Å². The second-order valence-corrected chi connectivity index (χ2v) is 5.19. The van der Waals surface area contributed by atoms with Gasteiger partial charge in [-0.3, -0.25) is 4.68 Å². The van der Waals surface area contributed by atoms with Gasteiger partial charge in [-0.2, -0.15) is 10.4 Å². The lowest BCUT2D eigenvalue weighted by Crippen LogP contribution is -2.06. The van der Waals surface area contributed by atoms with E-state index in [9.17, 15) is 4.79 Å². The highest BCUT2D eigenvalue weighted by Crippen LogP contribution is 2.17. The maximum Gasteiger partial charge on any atom is 0.340 e. The molecule has 0 amide bonds. The summed E-state index contributed by atoms with van der Waals surface area (Å²) in [5.74, 6) is -0.438. The van der Waals surface area contributed by atoms with E-state index in [1.807, 2.05) is 20.0 Å². The average molecular weight is 306 g/mol. The second kappa shape index (κ2) is 5.89. The Kier molecular flexibility index (Phi) is 3.77. The van der Waals surface area contributed by atoms with Crippen molar-refractivity contribution in [3.8, 4) is 6.07 Å². The quantitative estimate of drug-likeness (QED) is 0.694. The maximum atomic E-state index is 12.2. The Bertz CT molecular complexity index is 920. The number of ether oxygens (including phenoxy) is 1. The van der Waals surface area contributed by atoms with E-state index in [0.717, 1.165) is 22.3 Å². The summed E-state index contributed by atoms with van der Waals surface area (Å²) in [5, 5.41) is 13.9. The van der Waals surface area contributed by atoms with Gasteiger partial charge < -0.3 is 4.74 Å². The van der Waals surface area contributed by atoms with Crippen LogP contribution in [0.5, 0.6) is 0 Å². The second-order valence-electron chi connectivity index (χ2n) is 5.19. The molecule has 2 heterocycles. The molecule has 0 saturated heterocycles. The van der Waals surface area contributed by atoms with Gasteiger partial charge in [-0.1, -0.05) is 12.1 Å². The molecule has 3 rings (SSSR count). The molecule has 2 aromatic heterocycles. The number of aryl methyl sites for hydroxylation is 2. The highest BCUT2D eigenvalue weighted by molar-refractivity contribution is 5.93. The number of nitriles is 1. The van der Waals surface area contributed by atoms with Gasteiger partial charge in [0.15, 0.2) is 5.65 Å². The molecule has 114 valence electrons. The standard InChI is InChI=1S/C17H14N4O2/c1-11-15-7-14(9-19-16(15)21(2)20-11)17(22)23-10-13-5-3-12(8-18)4-6-13/h3-7,9H,10H2,1-2H3. The topological polar surface area (TPSA) is 80.8 Å². The summed E-state index contributed by atoms with van der Waals surface area (Å²) in [4.78, 5) is 16.4. The van der Waals surface area contributed by atoms with Gasteiger partial charge in [0.1, 0.15) is 6.61 Å². The van der Waals surface area contributed by atoms with Crippen molar-refractivity contribution in [2.24, 2.45) is 7.05 Å². The molecule has 0 radical (unpaired) electrons. The molecular weight excluding hydrogens is 292 g/mol. The lowest BCUT2D eigenvalue weighted by atomic mass is 10.1. The van der Waals surface area contributed by atoms with Crippen molar-refractivity contribution in [2.75, 3.05) is 0 Å². The van der Waals surface area contributed by atoms with E-state index in [4.69, 9.17) is 10.00 Å². The van der Waals surface area contributed by atoms with E-state index >= 15 is 0 Å². The number of fused-ring (bicyclic) bond motifs is 1. The predicted octanol–water partition coefficient (Wildman–Crippen LogP) is 2.51. The number of carbonyl (C=O) groups is 1. The molecule has 6 nitrogen and oxygen atoms in total. The molecule has 0 unspecified atom stereocenters. The summed E-state index contributed by atoms with van der Waals surface area (Å²) >= 11 is 0. The molecule has 0 aliphatic heterocycles. The first kappa shape index (κ1) is 14.7. The summed E-state index contributed by atoms with van der Waals surface area (Å²) in [6.07, 6.45) is 1.49. The van der Waals surface area contributed by atoms with E-state index in [1.165, 1.54) is 6.20 Å². The van der Waals surface area contributed by atoms with Gasteiger partial charge in [-0.25, -0.2) is 9.78 Å². The minimum atomic E-state index is -0.438. The summed E-state index contributed by atoms with van der Waals surface area (Å²) in [7, 11) is 1.81. The zero-order valence-corrected chi connectivity index (χ0v) is 12.8. The van der Waals surface area contributed by atoms with Crippen molar-refractivity contribution in [2.45, 2.75) is 13.5 Å². The SMILES string of the molecule is Cc1nn(C)c2ncc(C(=O)OCc3ccc(C#N)cc3)cc12. The Hall–Kier alpha value is -3.20. The number of hydrogen-bond acceptors (Lipinski definition) is 5. The molecule has 0 fully saturated rings. The van der Waals surface area contributed by atoms with Gasteiger partial charge in [-0.05, 0) is 30.7 Å².